The minimum atomic E-state index is -4.84. The Labute approximate surface area is 286 Å². The van der Waals surface area contributed by atoms with E-state index < -0.39 is 74.6 Å². The van der Waals surface area contributed by atoms with Crippen LogP contribution in [-0.2, 0) is 39.4 Å². The van der Waals surface area contributed by atoms with E-state index in [-0.39, 0.29) is 37.7 Å². The second-order valence-electron chi connectivity index (χ2n) is 11.5. The molecule has 1 aromatic heterocycles. The maximum atomic E-state index is 12.7. The van der Waals surface area contributed by atoms with Gasteiger partial charge >= 0.3 is 19.5 Å². The number of nitrogens with two attached hydrogens (primary N) is 3. The molecule has 0 saturated carbocycles. The first-order valence-corrected chi connectivity index (χ1v) is 17.0. The van der Waals surface area contributed by atoms with Crippen molar-refractivity contribution >= 4 is 43.1 Å². The lowest BCUT2D eigenvalue weighted by Crippen LogP contribution is -2.49. The lowest BCUT2D eigenvalue weighted by molar-refractivity contribution is -0.149. The molecule has 3 unspecified atom stereocenters. The van der Waals surface area contributed by atoms with E-state index in [0.29, 0.717) is 17.0 Å². The second-order valence-corrected chi connectivity index (χ2v) is 13.2. The predicted octanol–water partition coefficient (Wildman–Crippen LogP) is -0.567. The molecule has 21 heteroatoms. The van der Waals surface area contributed by atoms with Crippen LogP contribution in [0.25, 0.3) is 0 Å². The van der Waals surface area contributed by atoms with Gasteiger partial charge in [0.2, 0.25) is 11.9 Å². The quantitative estimate of drug-likeness (QED) is 0.0252. The molecule has 11 N–H and O–H groups in total. The highest BCUT2D eigenvalue weighted by molar-refractivity contribution is 7.47. The molecular formula is C28H42ClN8O11P. The number of aliphatic hydroxyl groups excluding tert-OH is 2. The van der Waals surface area contributed by atoms with E-state index in [9.17, 15) is 34.1 Å². The van der Waals surface area contributed by atoms with Crippen LogP contribution >= 0.6 is 19.4 Å². The van der Waals surface area contributed by atoms with Crippen LogP contribution in [0.2, 0.25) is 5.02 Å². The Hall–Kier alpha value is -3.65. The van der Waals surface area contributed by atoms with Gasteiger partial charge in [-0.3, -0.25) is 18.9 Å². The summed E-state index contributed by atoms with van der Waals surface area (Å²) in [4.78, 5) is 54.9. The molecule has 3 rings (SSSR count). The Bertz CT molecular complexity index is 1560. The van der Waals surface area contributed by atoms with Gasteiger partial charge in [0.15, 0.2) is 6.23 Å². The molecule has 2 heterocycles. The van der Waals surface area contributed by atoms with Gasteiger partial charge in [0, 0.05) is 23.3 Å². The molecule has 0 bridgehead atoms. The van der Waals surface area contributed by atoms with Crippen LogP contribution in [0.3, 0.4) is 0 Å². The molecule has 0 radical (unpaired) electrons. The third-order valence-corrected chi connectivity index (χ3v) is 8.22. The number of phosphoric ester groups is 1. The topological polar surface area (TPSA) is 298 Å². The molecule has 7 atom stereocenters. The number of esters is 1. The van der Waals surface area contributed by atoms with Gasteiger partial charge in [0.25, 0.3) is 0 Å². The SMILES string of the molecule is CC(C)CC(NC(=O)C(N)CCCN=C(N)NOP(=O)(O)OC[C@H]1O[C@@H](n2ccc(N)nc2=O)[C@H](O)[C@@H]1O)C(=O)OCc1ccccc1Cl. The Morgan fingerprint density at radius 1 is 1.22 bits per heavy atom. The number of carbonyl (C=O) groups excluding carboxylic acids is 2. The van der Waals surface area contributed by atoms with E-state index in [1.807, 2.05) is 19.3 Å². The van der Waals surface area contributed by atoms with E-state index in [1.165, 1.54) is 12.3 Å². The normalized spacial score (nSPS) is 21.9. The third kappa shape index (κ3) is 12.3. The third-order valence-electron chi connectivity index (χ3n) is 7.06. The molecule has 1 fully saturated rings. The first-order chi connectivity index (χ1) is 23.1. The molecule has 272 valence electrons. The van der Waals surface area contributed by atoms with Gasteiger partial charge in [-0.15, -0.1) is 0 Å². The largest absolute Gasteiger partial charge is 0.493 e. The Morgan fingerprint density at radius 3 is 2.61 bits per heavy atom. The van der Waals surface area contributed by atoms with Crippen LogP contribution in [0.4, 0.5) is 5.82 Å². The van der Waals surface area contributed by atoms with Crippen LogP contribution in [0, 0.1) is 5.92 Å². The van der Waals surface area contributed by atoms with Gasteiger partial charge in [-0.25, -0.2) is 19.6 Å². The molecule has 19 nitrogen and oxygen atoms in total. The number of hydrogen-bond acceptors (Lipinski definition) is 14. The van der Waals surface area contributed by atoms with E-state index in [1.54, 1.807) is 24.3 Å². The molecule has 2 aromatic rings. The molecule has 0 spiro atoms. The molecule has 1 aliphatic rings. The van der Waals surface area contributed by atoms with Crippen molar-refractivity contribution in [3.63, 3.8) is 0 Å². The van der Waals surface area contributed by atoms with Gasteiger partial charge in [-0.05, 0) is 37.3 Å². The van der Waals surface area contributed by atoms with Crippen LogP contribution < -0.4 is 33.7 Å². The number of benzene rings is 1. The van der Waals surface area contributed by atoms with Gasteiger partial charge in [0.05, 0.1) is 12.6 Å². The number of guanidine groups is 1. The Morgan fingerprint density at radius 2 is 1.94 bits per heavy atom. The molecular weight excluding hydrogens is 691 g/mol. The average Bonchev–Trinajstić information content (AvgIpc) is 3.32. The number of aliphatic imine (C=N–C) groups is 1. The monoisotopic (exact) mass is 732 g/mol. The van der Waals surface area contributed by atoms with Crippen LogP contribution in [0.15, 0.2) is 46.3 Å². The molecule has 1 aromatic carbocycles. The predicted molar refractivity (Wildman–Crippen MR) is 175 cm³/mol. The number of anilines is 1. The van der Waals surface area contributed by atoms with E-state index in [4.69, 9.17) is 42.8 Å². The Kier molecular flexibility index (Phi) is 14.9. The highest BCUT2D eigenvalue weighted by Gasteiger charge is 2.45. The summed E-state index contributed by atoms with van der Waals surface area (Å²) in [6.07, 6.45) is -3.95. The molecule has 1 amide bonds. The smallest absolute Gasteiger partial charge is 0.459 e. The first kappa shape index (κ1) is 39.8. The van der Waals surface area contributed by atoms with Gasteiger partial charge in [0.1, 0.15) is 36.8 Å². The number of phosphoric acid groups is 1. The summed E-state index contributed by atoms with van der Waals surface area (Å²) in [5.74, 6) is -1.59. The number of amides is 1. The maximum absolute atomic E-state index is 12.7. The summed E-state index contributed by atoms with van der Waals surface area (Å²) in [5.41, 5.74) is 18.9. The van der Waals surface area contributed by atoms with Crippen LogP contribution in [-0.4, -0.2) is 86.0 Å². The lowest BCUT2D eigenvalue weighted by atomic mass is 10.0. The van der Waals surface area contributed by atoms with E-state index >= 15 is 0 Å². The number of halogens is 1. The van der Waals surface area contributed by atoms with E-state index in [0.717, 1.165) is 4.57 Å². The summed E-state index contributed by atoms with van der Waals surface area (Å²) >= 11 is 6.12. The van der Waals surface area contributed by atoms with Gasteiger partial charge in [-0.1, -0.05) is 43.6 Å². The summed E-state index contributed by atoms with van der Waals surface area (Å²) < 4.78 is 33.4. The second kappa shape index (κ2) is 18.4. The molecule has 1 aliphatic heterocycles. The number of hydroxylamine groups is 1. The van der Waals surface area contributed by atoms with Crippen molar-refractivity contribution in [2.75, 3.05) is 18.9 Å². The van der Waals surface area contributed by atoms with Crippen molar-refractivity contribution in [1.29, 1.82) is 0 Å². The lowest BCUT2D eigenvalue weighted by Gasteiger charge is -2.21. The number of carbonyl (C=O) groups is 2. The minimum absolute atomic E-state index is 0.0375. The van der Waals surface area contributed by atoms with E-state index in [2.05, 4.69) is 19.9 Å². The number of aliphatic hydroxyl groups is 2. The number of nitrogens with zero attached hydrogens (tertiary/aromatic N) is 3. The fraction of sp³-hybridized carbons (Fsp3) is 0.536. The minimum Gasteiger partial charge on any atom is -0.459 e. The standard InChI is InChI=1S/C28H42ClN8O11P/c1-15(2)12-19(26(41)45-13-16-6-3-4-7-17(16)29)34-24(40)18(30)8-5-10-33-27(32)36-48-49(43,44)46-14-20-22(38)23(39)25(47-20)37-11-9-21(31)35-28(37)42/h3-4,6-7,9,11,15,18-20,22-23,25,38-39H,5,8,10,12-14,30H2,1-2H3,(H,34,40)(H,43,44)(H2,31,35,42)(H3,32,33,36)/t18?,19?,20-,22-,23-,25-/m1/s1. The molecule has 49 heavy (non-hydrogen) atoms. The summed E-state index contributed by atoms with van der Waals surface area (Å²) in [6.45, 7) is 3.04. The molecule has 0 aliphatic carbocycles. The van der Waals surface area contributed by atoms with Crippen molar-refractivity contribution in [3.05, 3.63) is 57.6 Å². The fourth-order valence-corrected chi connectivity index (χ4v) is 5.31. The number of hydrogen-bond donors (Lipinski definition) is 8. The van der Waals surface area contributed by atoms with Crippen molar-refractivity contribution in [2.45, 2.75) is 76.3 Å². The van der Waals surface area contributed by atoms with Crippen LogP contribution in [0.5, 0.6) is 0 Å². The van der Waals surface area contributed by atoms with Crippen molar-refractivity contribution in [3.8, 4) is 0 Å². The first-order valence-electron chi connectivity index (χ1n) is 15.1. The number of nitrogens with one attached hydrogen (secondary N) is 2. The zero-order valence-corrected chi connectivity index (χ0v) is 28.4. The Balaban J connectivity index is 1.40. The van der Waals surface area contributed by atoms with Crippen LogP contribution in [0.1, 0.15) is 44.9 Å². The fourth-order valence-electron chi connectivity index (χ4n) is 4.52. The maximum Gasteiger partial charge on any atom is 0.493 e. The van der Waals surface area contributed by atoms with Crippen molar-refractivity contribution < 1.29 is 47.9 Å². The van der Waals surface area contributed by atoms with Gasteiger partial charge in [-0.2, -0.15) is 9.61 Å². The number of ether oxygens (including phenoxy) is 2. The number of nitrogen functional groups attached to an aromatic ring is 1. The summed E-state index contributed by atoms with van der Waals surface area (Å²) in [6, 6.07) is 6.29. The van der Waals surface area contributed by atoms with Crippen molar-refractivity contribution in [1.82, 2.24) is 20.3 Å². The number of aromatic nitrogens is 2. The zero-order valence-electron chi connectivity index (χ0n) is 26.8. The van der Waals surface area contributed by atoms with Crippen molar-refractivity contribution in [2.24, 2.45) is 22.4 Å². The van der Waals surface area contributed by atoms with Gasteiger partial charge < -0.3 is 47.1 Å². The highest BCUT2D eigenvalue weighted by Crippen LogP contribution is 2.43. The number of rotatable bonds is 17. The zero-order chi connectivity index (χ0) is 36.3. The highest BCUT2D eigenvalue weighted by atomic mass is 35.5. The average molecular weight is 733 g/mol. The summed E-state index contributed by atoms with van der Waals surface area (Å²) in [7, 11) is -4.84. The summed E-state index contributed by atoms with van der Waals surface area (Å²) in [5, 5.41) is 23.7. The molecule has 1 saturated heterocycles.